The number of nitrogens with zero attached hydrogens (tertiary/aromatic N) is 1. The summed E-state index contributed by atoms with van der Waals surface area (Å²) < 4.78 is 35.9. The molecule has 1 nitrogen and oxygen atoms in total. The Balaban J connectivity index is 2.19. The van der Waals surface area contributed by atoms with Crippen LogP contribution >= 0.6 is 23.4 Å². The molecule has 0 amide bonds. The molecule has 0 aliphatic carbocycles. The second kappa shape index (κ2) is 6.97. The van der Waals surface area contributed by atoms with Crippen LogP contribution in [0, 0.1) is 0 Å². The summed E-state index contributed by atoms with van der Waals surface area (Å²) in [6, 6.07) is 0.451. The van der Waals surface area contributed by atoms with Crippen molar-refractivity contribution in [1.29, 1.82) is 0 Å². The Kier molecular flexibility index (Phi) is 6.29. The minimum Gasteiger partial charge on any atom is -0.300 e. The molecule has 0 spiro atoms. The molecule has 0 aromatic heterocycles. The molecule has 0 radical (unpaired) electrons. The van der Waals surface area contributed by atoms with Crippen molar-refractivity contribution < 1.29 is 13.2 Å². The maximum atomic E-state index is 12.0. The maximum Gasteiger partial charge on any atom is 0.441 e. The first-order chi connectivity index (χ1) is 7.53. The van der Waals surface area contributed by atoms with Gasteiger partial charge in [0.15, 0.2) is 0 Å². The lowest BCUT2D eigenvalue weighted by Gasteiger charge is -2.24. The van der Waals surface area contributed by atoms with E-state index in [1.807, 2.05) is 0 Å². The molecule has 96 valence electrons. The van der Waals surface area contributed by atoms with E-state index in [1.165, 1.54) is 0 Å². The highest BCUT2D eigenvalue weighted by atomic mass is 35.5. The fraction of sp³-hybridized carbons (Fsp3) is 1.00. The number of alkyl halides is 4. The van der Waals surface area contributed by atoms with Crippen LogP contribution in [0.3, 0.4) is 0 Å². The van der Waals surface area contributed by atoms with E-state index in [2.05, 4.69) is 4.90 Å². The summed E-state index contributed by atoms with van der Waals surface area (Å²) in [5.74, 6) is 0.780. The molecular weight excluding hydrogens is 259 g/mol. The zero-order valence-electron chi connectivity index (χ0n) is 9.10. The average molecular weight is 276 g/mol. The van der Waals surface area contributed by atoms with Gasteiger partial charge in [-0.25, -0.2) is 0 Å². The van der Waals surface area contributed by atoms with Gasteiger partial charge < -0.3 is 0 Å². The van der Waals surface area contributed by atoms with Gasteiger partial charge in [0.2, 0.25) is 0 Å². The maximum absolute atomic E-state index is 12.0. The van der Waals surface area contributed by atoms with Crippen LogP contribution < -0.4 is 0 Å². The molecule has 1 atom stereocenters. The van der Waals surface area contributed by atoms with Gasteiger partial charge in [0.25, 0.3) is 0 Å². The van der Waals surface area contributed by atoms with E-state index in [1.54, 1.807) is 0 Å². The Hall–Kier alpha value is 0.390. The minimum absolute atomic E-state index is 0.0786. The van der Waals surface area contributed by atoms with Crippen molar-refractivity contribution >= 4 is 23.4 Å². The van der Waals surface area contributed by atoms with Gasteiger partial charge in [-0.1, -0.05) is 0 Å². The molecule has 1 heterocycles. The van der Waals surface area contributed by atoms with Crippen LogP contribution in [0.15, 0.2) is 0 Å². The van der Waals surface area contributed by atoms with E-state index in [0.29, 0.717) is 18.5 Å². The van der Waals surface area contributed by atoms with Crippen LogP contribution in [-0.2, 0) is 0 Å². The predicted molar refractivity (Wildman–Crippen MR) is 63.1 cm³/mol. The Labute approximate surface area is 104 Å². The highest BCUT2D eigenvalue weighted by Gasteiger charge is 2.29. The van der Waals surface area contributed by atoms with Crippen molar-refractivity contribution in [3.05, 3.63) is 0 Å². The summed E-state index contributed by atoms with van der Waals surface area (Å²) in [6.45, 7) is 1.47. The number of rotatable bonds is 6. The van der Waals surface area contributed by atoms with Gasteiger partial charge in [-0.15, -0.1) is 11.6 Å². The van der Waals surface area contributed by atoms with Crippen molar-refractivity contribution in [2.75, 3.05) is 24.7 Å². The molecule has 1 fully saturated rings. The summed E-state index contributed by atoms with van der Waals surface area (Å²) >= 11 is 5.70. The summed E-state index contributed by atoms with van der Waals surface area (Å²) in [4.78, 5) is 2.17. The summed E-state index contributed by atoms with van der Waals surface area (Å²) in [6.07, 6.45) is 4.17. The van der Waals surface area contributed by atoms with Gasteiger partial charge in [-0.2, -0.15) is 13.2 Å². The predicted octanol–water partition coefficient (Wildman–Crippen LogP) is 3.72. The molecule has 1 aliphatic rings. The molecule has 0 saturated carbocycles. The van der Waals surface area contributed by atoms with Crippen molar-refractivity contribution in [3.63, 3.8) is 0 Å². The molecule has 0 aromatic carbocycles. The first kappa shape index (κ1) is 14.5. The molecule has 0 aromatic rings. The van der Waals surface area contributed by atoms with E-state index >= 15 is 0 Å². The van der Waals surface area contributed by atoms with E-state index in [9.17, 15) is 13.2 Å². The SMILES string of the molecule is FC(F)(F)SCCN1CCCC1CCCCl. The monoisotopic (exact) mass is 275 g/mol. The van der Waals surface area contributed by atoms with E-state index in [4.69, 9.17) is 11.6 Å². The summed E-state index contributed by atoms with van der Waals surface area (Å²) in [5, 5.41) is 0. The lowest BCUT2D eigenvalue weighted by molar-refractivity contribution is -0.0329. The largest absolute Gasteiger partial charge is 0.441 e. The molecule has 16 heavy (non-hydrogen) atoms. The van der Waals surface area contributed by atoms with Crippen LogP contribution in [0.25, 0.3) is 0 Å². The Bertz CT molecular complexity index is 201. The number of halogens is 4. The normalized spacial score (nSPS) is 22.9. The zero-order valence-corrected chi connectivity index (χ0v) is 10.7. The summed E-state index contributed by atoms with van der Waals surface area (Å²) in [7, 11) is 0. The first-order valence-corrected chi connectivity index (χ1v) is 7.05. The van der Waals surface area contributed by atoms with Gasteiger partial charge in [-0.05, 0) is 44.0 Å². The van der Waals surface area contributed by atoms with Gasteiger partial charge in [0, 0.05) is 24.2 Å². The van der Waals surface area contributed by atoms with Crippen LogP contribution in [0.4, 0.5) is 13.2 Å². The Morgan fingerprint density at radius 2 is 2.12 bits per heavy atom. The highest BCUT2D eigenvalue weighted by molar-refractivity contribution is 8.00. The van der Waals surface area contributed by atoms with Crippen molar-refractivity contribution in [2.24, 2.45) is 0 Å². The fourth-order valence-corrected chi connectivity index (χ4v) is 2.82. The minimum atomic E-state index is -4.09. The third kappa shape index (κ3) is 5.64. The summed E-state index contributed by atoms with van der Waals surface area (Å²) in [5.41, 5.74) is -4.09. The van der Waals surface area contributed by atoms with Crippen LogP contribution in [0.5, 0.6) is 0 Å². The van der Waals surface area contributed by atoms with Crippen LogP contribution in [0.1, 0.15) is 25.7 Å². The van der Waals surface area contributed by atoms with Crippen molar-refractivity contribution in [2.45, 2.75) is 37.2 Å². The molecule has 1 aliphatic heterocycles. The second-order valence-electron chi connectivity index (χ2n) is 3.96. The fourth-order valence-electron chi connectivity index (χ4n) is 2.11. The molecule has 0 bridgehead atoms. The van der Waals surface area contributed by atoms with Gasteiger partial charge in [-0.3, -0.25) is 4.90 Å². The van der Waals surface area contributed by atoms with Gasteiger partial charge in [0.1, 0.15) is 0 Å². The van der Waals surface area contributed by atoms with Crippen LogP contribution in [-0.4, -0.2) is 41.2 Å². The molecule has 1 unspecified atom stereocenters. The number of likely N-dealkylation sites (tertiary alicyclic amines) is 1. The van der Waals surface area contributed by atoms with E-state index in [-0.39, 0.29) is 17.5 Å². The number of thioether (sulfide) groups is 1. The zero-order chi connectivity index (χ0) is 12.0. The first-order valence-electron chi connectivity index (χ1n) is 5.53. The second-order valence-corrected chi connectivity index (χ2v) is 5.50. The number of hydrogen-bond donors (Lipinski definition) is 0. The average Bonchev–Trinajstić information content (AvgIpc) is 2.60. The standard InChI is InChI=1S/C10H17ClF3NS/c11-5-1-3-9-4-2-6-15(9)7-8-16-10(12,13)14/h9H,1-8H2. The van der Waals surface area contributed by atoms with Gasteiger partial charge >= 0.3 is 5.51 Å². The molecule has 1 rings (SSSR count). The third-order valence-electron chi connectivity index (χ3n) is 2.81. The van der Waals surface area contributed by atoms with Crippen molar-refractivity contribution in [3.8, 4) is 0 Å². The third-order valence-corrected chi connectivity index (χ3v) is 3.80. The molecule has 6 heteroatoms. The van der Waals surface area contributed by atoms with E-state index < -0.39 is 5.51 Å². The van der Waals surface area contributed by atoms with Crippen LogP contribution in [0.2, 0.25) is 0 Å². The van der Waals surface area contributed by atoms with Gasteiger partial charge in [0.05, 0.1) is 0 Å². The molecule has 0 N–H and O–H groups in total. The lowest BCUT2D eigenvalue weighted by Crippen LogP contribution is -2.32. The van der Waals surface area contributed by atoms with E-state index in [0.717, 1.165) is 32.2 Å². The molecular formula is C10H17ClF3NS. The number of hydrogen-bond acceptors (Lipinski definition) is 2. The van der Waals surface area contributed by atoms with Crippen molar-refractivity contribution in [1.82, 2.24) is 4.90 Å². The highest BCUT2D eigenvalue weighted by Crippen LogP contribution is 2.30. The molecule has 1 saturated heterocycles. The lowest BCUT2D eigenvalue weighted by atomic mass is 10.1. The Morgan fingerprint density at radius 3 is 2.75 bits per heavy atom. The topological polar surface area (TPSA) is 3.24 Å². The quantitative estimate of drug-likeness (QED) is 0.680. The smallest absolute Gasteiger partial charge is 0.300 e. The Morgan fingerprint density at radius 1 is 1.38 bits per heavy atom.